The molecule has 0 radical (unpaired) electrons. The summed E-state index contributed by atoms with van der Waals surface area (Å²) in [5.74, 6) is -0.383. The number of cyclic esters (lactones) is 1. The summed E-state index contributed by atoms with van der Waals surface area (Å²) in [6.45, 7) is 0.142. The van der Waals surface area contributed by atoms with E-state index >= 15 is 0 Å². The van der Waals surface area contributed by atoms with Gasteiger partial charge in [-0.25, -0.2) is 9.59 Å². The van der Waals surface area contributed by atoms with Crippen LogP contribution in [0.1, 0.15) is 48.1 Å². The number of ether oxygens (including phenoxy) is 2. The Labute approximate surface area is 214 Å². The molecule has 6 heteroatoms. The summed E-state index contributed by atoms with van der Waals surface area (Å²) < 4.78 is 12.8. The van der Waals surface area contributed by atoms with Crippen molar-refractivity contribution in [2.45, 2.75) is 44.1 Å². The average Bonchev–Trinajstić information content (AvgIpc) is 2.89. The van der Waals surface area contributed by atoms with E-state index in [2.05, 4.69) is 22.6 Å². The van der Waals surface area contributed by atoms with E-state index in [0.29, 0.717) is 6.42 Å². The fourth-order valence-corrected chi connectivity index (χ4v) is 4.86. The van der Waals surface area contributed by atoms with Crippen LogP contribution in [0.2, 0.25) is 0 Å². The van der Waals surface area contributed by atoms with Gasteiger partial charge in [0.05, 0.1) is 0 Å². The van der Waals surface area contributed by atoms with Crippen LogP contribution in [0, 0.1) is 0 Å². The van der Waals surface area contributed by atoms with Gasteiger partial charge >= 0.3 is 12.1 Å². The molecule has 1 heterocycles. The van der Waals surface area contributed by atoms with Gasteiger partial charge in [-0.15, -0.1) is 0 Å². The van der Waals surface area contributed by atoms with Crippen molar-refractivity contribution in [2.75, 3.05) is 4.43 Å². The molecule has 0 aromatic heterocycles. The molecule has 0 saturated carbocycles. The Hall–Kier alpha value is -2.87. The fraction of sp³-hybridized carbons (Fsp3) is 0.286. The molecular formula is C28H28INO4. The van der Waals surface area contributed by atoms with Gasteiger partial charge in [0.15, 0.2) is 6.10 Å². The number of esters is 1. The number of amides is 1. The Balaban J connectivity index is 1.71. The molecule has 0 N–H and O–H groups in total. The minimum atomic E-state index is -0.698. The van der Waals surface area contributed by atoms with Gasteiger partial charge in [0, 0.05) is 0 Å². The molecule has 0 bridgehead atoms. The van der Waals surface area contributed by atoms with Crippen LogP contribution in [0.25, 0.3) is 0 Å². The molecule has 3 atom stereocenters. The molecule has 1 amide bonds. The predicted octanol–water partition coefficient (Wildman–Crippen LogP) is 6.64. The molecule has 3 aromatic carbocycles. The first-order valence-corrected chi connectivity index (χ1v) is 13.1. The van der Waals surface area contributed by atoms with Crippen molar-refractivity contribution in [1.82, 2.24) is 4.90 Å². The minimum absolute atomic E-state index is 0.142. The van der Waals surface area contributed by atoms with Crippen molar-refractivity contribution in [3.63, 3.8) is 0 Å². The van der Waals surface area contributed by atoms with Crippen molar-refractivity contribution in [2.24, 2.45) is 0 Å². The number of hydrogen-bond acceptors (Lipinski definition) is 4. The van der Waals surface area contributed by atoms with Crippen molar-refractivity contribution >= 4 is 34.7 Å². The van der Waals surface area contributed by atoms with E-state index in [1.54, 1.807) is 4.90 Å². The largest absolute Gasteiger partial charge is 0.453 e. The highest BCUT2D eigenvalue weighted by Gasteiger charge is 2.48. The van der Waals surface area contributed by atoms with Crippen LogP contribution in [0.4, 0.5) is 4.79 Å². The first kappa shape index (κ1) is 24.3. The fourth-order valence-electron chi connectivity index (χ4n) is 4.32. The second-order valence-corrected chi connectivity index (χ2v) is 9.35. The van der Waals surface area contributed by atoms with E-state index in [4.69, 9.17) is 9.47 Å². The monoisotopic (exact) mass is 569 g/mol. The van der Waals surface area contributed by atoms with Crippen molar-refractivity contribution in [3.05, 3.63) is 108 Å². The SMILES string of the molecule is O=C1O[C@H](c2ccccc2)[C@H](c2ccccc2)N(C(=O)OCc2ccccc2)[C@H]1CCCCI. The average molecular weight is 569 g/mol. The summed E-state index contributed by atoms with van der Waals surface area (Å²) in [6.07, 6.45) is 1.20. The van der Waals surface area contributed by atoms with Gasteiger partial charge in [0.2, 0.25) is 0 Å². The predicted molar refractivity (Wildman–Crippen MR) is 139 cm³/mol. The van der Waals surface area contributed by atoms with Gasteiger partial charge in [-0.2, -0.15) is 0 Å². The highest BCUT2D eigenvalue weighted by Crippen LogP contribution is 2.43. The van der Waals surface area contributed by atoms with Gasteiger partial charge in [-0.1, -0.05) is 120 Å². The standard InChI is InChI=1S/C28H28INO4/c29-19-11-10-18-24-27(31)34-26(23-16-8-3-9-17-23)25(22-14-6-2-7-15-22)30(24)28(32)33-20-21-12-4-1-5-13-21/h1-9,12-17,24-26H,10-11,18-20H2/t24-,25-,26+/m0/s1. The van der Waals surface area contributed by atoms with Crippen LogP contribution in [0.15, 0.2) is 91.0 Å². The van der Waals surface area contributed by atoms with E-state index in [9.17, 15) is 9.59 Å². The van der Waals surface area contributed by atoms with E-state index < -0.39 is 24.3 Å². The summed E-state index contributed by atoms with van der Waals surface area (Å²) >= 11 is 2.33. The van der Waals surface area contributed by atoms with E-state index in [1.807, 2.05) is 91.0 Å². The smallest absolute Gasteiger partial charge is 0.411 e. The molecule has 0 aliphatic carbocycles. The quantitative estimate of drug-likeness (QED) is 0.132. The van der Waals surface area contributed by atoms with Crippen LogP contribution < -0.4 is 0 Å². The molecule has 34 heavy (non-hydrogen) atoms. The molecule has 0 spiro atoms. The molecule has 1 aliphatic rings. The van der Waals surface area contributed by atoms with Gasteiger partial charge in [0.1, 0.15) is 18.7 Å². The molecule has 3 aromatic rings. The molecular weight excluding hydrogens is 541 g/mol. The Morgan fingerprint density at radius 3 is 2.06 bits per heavy atom. The molecule has 1 saturated heterocycles. The lowest BCUT2D eigenvalue weighted by atomic mass is 9.90. The van der Waals surface area contributed by atoms with Crippen LogP contribution in [-0.2, 0) is 20.9 Å². The number of benzene rings is 3. The Bertz CT molecular complexity index is 1060. The third kappa shape index (κ3) is 5.78. The van der Waals surface area contributed by atoms with Crippen molar-refractivity contribution < 1.29 is 19.1 Å². The second kappa shape index (κ2) is 12.0. The normalized spacial score (nSPS) is 20.0. The van der Waals surface area contributed by atoms with Gasteiger partial charge in [-0.3, -0.25) is 4.90 Å². The zero-order chi connectivity index (χ0) is 23.8. The third-order valence-corrected chi connectivity index (χ3v) is 6.75. The molecule has 1 aliphatic heterocycles. The maximum absolute atomic E-state index is 13.6. The van der Waals surface area contributed by atoms with E-state index in [-0.39, 0.29) is 12.6 Å². The highest BCUT2D eigenvalue weighted by molar-refractivity contribution is 14.1. The summed E-state index contributed by atoms with van der Waals surface area (Å²) in [6, 6.07) is 27.7. The number of carbonyl (C=O) groups excluding carboxylic acids is 2. The van der Waals surface area contributed by atoms with Crippen molar-refractivity contribution in [3.8, 4) is 0 Å². The molecule has 176 valence electrons. The minimum Gasteiger partial charge on any atom is -0.453 e. The van der Waals surface area contributed by atoms with Crippen LogP contribution in [-0.4, -0.2) is 27.4 Å². The lowest BCUT2D eigenvalue weighted by Crippen LogP contribution is -2.54. The second-order valence-electron chi connectivity index (χ2n) is 8.27. The molecule has 1 fully saturated rings. The topological polar surface area (TPSA) is 55.8 Å². The first-order valence-electron chi connectivity index (χ1n) is 11.5. The van der Waals surface area contributed by atoms with Gasteiger partial charge in [0.25, 0.3) is 0 Å². The van der Waals surface area contributed by atoms with Crippen LogP contribution >= 0.6 is 22.6 Å². The maximum Gasteiger partial charge on any atom is 0.411 e. The molecule has 0 unspecified atom stereocenters. The number of alkyl halides is 1. The number of unbranched alkanes of at least 4 members (excludes halogenated alkanes) is 1. The number of nitrogens with zero attached hydrogens (tertiary/aromatic N) is 1. The summed E-state index contributed by atoms with van der Waals surface area (Å²) in [4.78, 5) is 28.5. The zero-order valence-corrected chi connectivity index (χ0v) is 21.0. The Kier molecular flexibility index (Phi) is 8.57. The number of morpholine rings is 1. The number of hydrogen-bond donors (Lipinski definition) is 0. The van der Waals surface area contributed by atoms with Crippen LogP contribution in [0.5, 0.6) is 0 Å². The first-order chi connectivity index (χ1) is 16.7. The summed E-state index contributed by atoms with van der Waals surface area (Å²) in [7, 11) is 0. The van der Waals surface area contributed by atoms with E-state index in [1.165, 1.54) is 0 Å². The van der Waals surface area contributed by atoms with Gasteiger partial charge in [-0.05, 0) is 34.0 Å². The zero-order valence-electron chi connectivity index (χ0n) is 18.9. The number of halogens is 1. The number of rotatable bonds is 8. The maximum atomic E-state index is 13.6. The van der Waals surface area contributed by atoms with E-state index in [0.717, 1.165) is 34.0 Å². The number of carbonyl (C=O) groups is 2. The summed E-state index contributed by atoms with van der Waals surface area (Å²) in [5, 5.41) is 0. The lowest BCUT2D eigenvalue weighted by Gasteiger charge is -2.44. The van der Waals surface area contributed by atoms with Crippen molar-refractivity contribution in [1.29, 1.82) is 0 Å². The third-order valence-electron chi connectivity index (χ3n) is 5.98. The molecule has 4 rings (SSSR count). The van der Waals surface area contributed by atoms with Gasteiger partial charge < -0.3 is 9.47 Å². The molecule has 5 nitrogen and oxygen atoms in total. The Morgan fingerprint density at radius 1 is 0.853 bits per heavy atom. The lowest BCUT2D eigenvalue weighted by molar-refractivity contribution is -0.173. The summed E-state index contributed by atoms with van der Waals surface area (Å²) in [5.41, 5.74) is 2.64. The van der Waals surface area contributed by atoms with Crippen LogP contribution in [0.3, 0.4) is 0 Å². The Morgan fingerprint density at radius 2 is 1.44 bits per heavy atom. The highest BCUT2D eigenvalue weighted by atomic mass is 127.